The van der Waals surface area contributed by atoms with Crippen molar-refractivity contribution in [3.05, 3.63) is 22.7 Å². The zero-order chi connectivity index (χ0) is 10.8. The molecule has 5 heteroatoms. The maximum absolute atomic E-state index is 9.18. The first-order valence-corrected chi connectivity index (χ1v) is 5.69. The molecule has 2 rings (SSSR count). The van der Waals surface area contributed by atoms with E-state index in [-0.39, 0.29) is 6.61 Å². The van der Waals surface area contributed by atoms with Gasteiger partial charge in [-0.25, -0.2) is 4.98 Å². The van der Waals surface area contributed by atoms with E-state index < -0.39 is 0 Å². The summed E-state index contributed by atoms with van der Waals surface area (Å²) in [6.45, 7) is 4.17. The Morgan fingerprint density at radius 2 is 2.33 bits per heavy atom. The minimum atomic E-state index is 0.0310. The molecule has 0 aliphatic carbocycles. The van der Waals surface area contributed by atoms with Gasteiger partial charge in [0.2, 0.25) is 0 Å². The van der Waals surface area contributed by atoms with Crippen LogP contribution >= 0.6 is 11.3 Å². The van der Waals surface area contributed by atoms with Crippen LogP contribution in [0.4, 0.5) is 0 Å². The van der Waals surface area contributed by atoms with E-state index in [1.54, 1.807) is 11.7 Å². The number of thiazole rings is 1. The van der Waals surface area contributed by atoms with Crippen LogP contribution in [0.1, 0.15) is 24.8 Å². The molecule has 2 aromatic rings. The number of aromatic nitrogens is 3. The molecule has 0 atom stereocenters. The van der Waals surface area contributed by atoms with E-state index in [9.17, 15) is 5.11 Å². The summed E-state index contributed by atoms with van der Waals surface area (Å²) in [5.74, 6) is 0. The summed E-state index contributed by atoms with van der Waals surface area (Å²) in [6.07, 6.45) is 1.76. The van der Waals surface area contributed by atoms with Crippen molar-refractivity contribution in [1.82, 2.24) is 14.8 Å². The van der Waals surface area contributed by atoms with Gasteiger partial charge in [-0.3, -0.25) is 4.68 Å². The first kappa shape index (κ1) is 10.3. The summed E-state index contributed by atoms with van der Waals surface area (Å²) in [5, 5.41) is 13.4. The Hall–Kier alpha value is -1.20. The summed E-state index contributed by atoms with van der Waals surface area (Å²) in [7, 11) is 0. The van der Waals surface area contributed by atoms with Crippen LogP contribution in [0.2, 0.25) is 0 Å². The van der Waals surface area contributed by atoms with Crippen molar-refractivity contribution in [3.8, 4) is 11.4 Å². The second-order valence-electron chi connectivity index (χ2n) is 3.54. The fraction of sp³-hybridized carbons (Fsp3) is 0.400. The van der Waals surface area contributed by atoms with Gasteiger partial charge in [-0.1, -0.05) is 0 Å². The molecule has 0 aliphatic rings. The third-order valence-corrected chi connectivity index (χ3v) is 3.00. The molecule has 0 saturated heterocycles. The summed E-state index contributed by atoms with van der Waals surface area (Å²) in [6, 6.07) is 2.22. The fourth-order valence-electron chi connectivity index (χ4n) is 1.50. The molecule has 0 spiro atoms. The van der Waals surface area contributed by atoms with Crippen molar-refractivity contribution < 1.29 is 5.11 Å². The van der Waals surface area contributed by atoms with Gasteiger partial charge in [-0.2, -0.15) is 5.10 Å². The predicted octanol–water partition coefficient (Wildman–Crippen LogP) is 2.08. The standard InChI is InChI=1S/C10H13N3OS/c1-7(2)13-8(3-4-12-13)10-9(5-14)15-6-11-10/h3-4,6-7,14H,5H2,1-2H3. The Morgan fingerprint density at radius 3 is 3.00 bits per heavy atom. The highest BCUT2D eigenvalue weighted by Crippen LogP contribution is 2.26. The normalized spacial score (nSPS) is 11.2. The smallest absolute Gasteiger partial charge is 0.105 e. The fourth-order valence-corrected chi connectivity index (χ4v) is 2.13. The molecule has 15 heavy (non-hydrogen) atoms. The van der Waals surface area contributed by atoms with Crippen LogP contribution < -0.4 is 0 Å². The number of hydrogen-bond donors (Lipinski definition) is 1. The molecule has 0 bridgehead atoms. The molecule has 2 aromatic heterocycles. The third-order valence-electron chi connectivity index (χ3n) is 2.19. The zero-order valence-corrected chi connectivity index (χ0v) is 9.53. The highest BCUT2D eigenvalue weighted by Gasteiger charge is 2.13. The molecule has 0 fully saturated rings. The van der Waals surface area contributed by atoms with Gasteiger partial charge in [0, 0.05) is 12.2 Å². The maximum Gasteiger partial charge on any atom is 0.105 e. The topological polar surface area (TPSA) is 50.9 Å². The van der Waals surface area contributed by atoms with Crippen LogP contribution in [0.5, 0.6) is 0 Å². The largest absolute Gasteiger partial charge is 0.391 e. The average molecular weight is 223 g/mol. The van der Waals surface area contributed by atoms with E-state index in [4.69, 9.17) is 0 Å². The lowest BCUT2D eigenvalue weighted by Crippen LogP contribution is -2.05. The minimum absolute atomic E-state index is 0.0310. The van der Waals surface area contributed by atoms with Crippen LogP contribution in [0.3, 0.4) is 0 Å². The van der Waals surface area contributed by atoms with Crippen molar-refractivity contribution in [2.24, 2.45) is 0 Å². The predicted molar refractivity (Wildman–Crippen MR) is 59.6 cm³/mol. The number of aliphatic hydroxyl groups is 1. The molecule has 0 aromatic carbocycles. The second kappa shape index (κ2) is 4.12. The lowest BCUT2D eigenvalue weighted by molar-refractivity contribution is 0.285. The summed E-state index contributed by atoms with van der Waals surface area (Å²) in [4.78, 5) is 5.16. The highest BCUT2D eigenvalue weighted by molar-refractivity contribution is 7.10. The Kier molecular flexibility index (Phi) is 2.83. The Balaban J connectivity index is 2.49. The Bertz CT molecular complexity index is 447. The van der Waals surface area contributed by atoms with E-state index in [0.29, 0.717) is 6.04 Å². The quantitative estimate of drug-likeness (QED) is 0.866. The van der Waals surface area contributed by atoms with Crippen molar-refractivity contribution >= 4 is 11.3 Å². The Labute approximate surface area is 92.2 Å². The van der Waals surface area contributed by atoms with Gasteiger partial charge < -0.3 is 5.11 Å². The number of hydrogen-bond acceptors (Lipinski definition) is 4. The molecule has 0 unspecified atom stereocenters. The molecule has 4 nitrogen and oxygen atoms in total. The monoisotopic (exact) mass is 223 g/mol. The molecule has 80 valence electrons. The molecule has 2 heterocycles. The van der Waals surface area contributed by atoms with Crippen LogP contribution in [-0.2, 0) is 6.61 Å². The molecular formula is C10H13N3OS. The zero-order valence-electron chi connectivity index (χ0n) is 8.71. The third kappa shape index (κ3) is 1.80. The van der Waals surface area contributed by atoms with Gasteiger partial charge in [0.1, 0.15) is 5.69 Å². The highest BCUT2D eigenvalue weighted by atomic mass is 32.1. The van der Waals surface area contributed by atoms with Gasteiger partial charge in [-0.15, -0.1) is 11.3 Å². The van der Waals surface area contributed by atoms with E-state index >= 15 is 0 Å². The first-order chi connectivity index (χ1) is 7.24. The van der Waals surface area contributed by atoms with Gasteiger partial charge >= 0.3 is 0 Å². The summed E-state index contributed by atoms with van der Waals surface area (Å²) in [5.41, 5.74) is 3.56. The molecule has 0 amide bonds. The van der Waals surface area contributed by atoms with Crippen molar-refractivity contribution in [2.75, 3.05) is 0 Å². The summed E-state index contributed by atoms with van der Waals surface area (Å²) < 4.78 is 1.91. The van der Waals surface area contributed by atoms with Crippen LogP contribution in [0.15, 0.2) is 17.8 Å². The van der Waals surface area contributed by atoms with Gasteiger partial charge in [0.25, 0.3) is 0 Å². The number of rotatable bonds is 3. The number of aliphatic hydroxyl groups excluding tert-OH is 1. The second-order valence-corrected chi connectivity index (χ2v) is 4.48. The van der Waals surface area contributed by atoms with Gasteiger partial charge in [0.15, 0.2) is 0 Å². The van der Waals surface area contributed by atoms with Crippen LogP contribution in [-0.4, -0.2) is 19.9 Å². The first-order valence-electron chi connectivity index (χ1n) is 4.81. The van der Waals surface area contributed by atoms with Crippen molar-refractivity contribution in [3.63, 3.8) is 0 Å². The van der Waals surface area contributed by atoms with Gasteiger partial charge in [-0.05, 0) is 19.9 Å². The average Bonchev–Trinajstić information content (AvgIpc) is 2.85. The maximum atomic E-state index is 9.18. The SMILES string of the molecule is CC(C)n1nccc1-c1ncsc1CO. The number of nitrogens with zero attached hydrogens (tertiary/aromatic N) is 3. The van der Waals surface area contributed by atoms with Crippen LogP contribution in [0.25, 0.3) is 11.4 Å². The van der Waals surface area contributed by atoms with Crippen LogP contribution in [0, 0.1) is 0 Å². The lowest BCUT2D eigenvalue weighted by Gasteiger charge is -2.09. The van der Waals surface area contributed by atoms with Crippen molar-refractivity contribution in [1.29, 1.82) is 0 Å². The van der Waals surface area contributed by atoms with E-state index in [2.05, 4.69) is 23.9 Å². The molecular weight excluding hydrogens is 210 g/mol. The van der Waals surface area contributed by atoms with E-state index in [1.165, 1.54) is 11.3 Å². The van der Waals surface area contributed by atoms with E-state index in [0.717, 1.165) is 16.3 Å². The molecule has 0 radical (unpaired) electrons. The minimum Gasteiger partial charge on any atom is -0.391 e. The van der Waals surface area contributed by atoms with Crippen molar-refractivity contribution in [2.45, 2.75) is 26.5 Å². The molecule has 0 saturated carbocycles. The van der Waals surface area contributed by atoms with E-state index in [1.807, 2.05) is 10.7 Å². The molecule has 1 N–H and O–H groups in total. The molecule has 0 aliphatic heterocycles. The van der Waals surface area contributed by atoms with Gasteiger partial charge in [0.05, 0.1) is 22.7 Å². The Morgan fingerprint density at radius 1 is 1.53 bits per heavy atom. The summed E-state index contributed by atoms with van der Waals surface area (Å²) >= 11 is 1.47. The lowest BCUT2D eigenvalue weighted by atomic mass is 10.2.